The van der Waals surface area contributed by atoms with E-state index >= 15 is 0 Å². The summed E-state index contributed by atoms with van der Waals surface area (Å²) < 4.78 is 13.3. The lowest BCUT2D eigenvalue weighted by molar-refractivity contribution is 0.595. The van der Waals surface area contributed by atoms with E-state index in [0.717, 1.165) is 5.56 Å². The van der Waals surface area contributed by atoms with E-state index in [1.54, 1.807) is 17.7 Å². The Morgan fingerprint density at radius 3 is 2.82 bits per heavy atom. The Hall–Kier alpha value is -1.32. The number of aromatic nitrogens is 1. The number of halogens is 2. The van der Waals surface area contributed by atoms with Crippen molar-refractivity contribution in [1.82, 2.24) is 4.98 Å². The summed E-state index contributed by atoms with van der Waals surface area (Å²) >= 11 is 7.29. The van der Waals surface area contributed by atoms with Gasteiger partial charge in [-0.2, -0.15) is 0 Å². The van der Waals surface area contributed by atoms with Gasteiger partial charge in [-0.05, 0) is 29.2 Å². The molecule has 17 heavy (non-hydrogen) atoms. The summed E-state index contributed by atoms with van der Waals surface area (Å²) in [6.45, 7) is 0. The summed E-state index contributed by atoms with van der Waals surface area (Å²) in [5.41, 5.74) is 0.913. The van der Waals surface area contributed by atoms with Crippen LogP contribution in [0.3, 0.4) is 0 Å². The average molecular weight is 266 g/mol. The second-order valence-corrected chi connectivity index (χ2v) is 4.60. The molecule has 0 saturated carbocycles. The lowest BCUT2D eigenvalue weighted by Gasteiger charge is -1.98. The van der Waals surface area contributed by atoms with Gasteiger partial charge in [0.1, 0.15) is 0 Å². The fourth-order valence-corrected chi connectivity index (χ4v) is 2.11. The quantitative estimate of drug-likeness (QED) is 0.750. The molecule has 0 atom stereocenters. The molecule has 2 rings (SSSR count). The molecule has 0 aliphatic rings. The summed E-state index contributed by atoms with van der Waals surface area (Å²) in [5.74, 6) is -0.318. The Balaban J connectivity index is 2.09. The summed E-state index contributed by atoms with van der Waals surface area (Å²) in [6.07, 6.45) is 4.62. The van der Waals surface area contributed by atoms with Crippen LogP contribution in [-0.4, -0.2) is 4.98 Å². The van der Waals surface area contributed by atoms with Crippen LogP contribution in [0.15, 0.2) is 53.0 Å². The normalized spacial score (nSPS) is 10.9. The number of hydrogen-bond donors (Lipinski definition) is 0. The van der Waals surface area contributed by atoms with Crippen molar-refractivity contribution in [1.29, 1.82) is 0 Å². The van der Waals surface area contributed by atoms with Crippen molar-refractivity contribution >= 4 is 29.4 Å². The van der Waals surface area contributed by atoms with Crippen molar-refractivity contribution in [2.75, 3.05) is 0 Å². The monoisotopic (exact) mass is 265 g/mol. The van der Waals surface area contributed by atoms with Crippen molar-refractivity contribution in [2.45, 2.75) is 4.90 Å². The van der Waals surface area contributed by atoms with Gasteiger partial charge in [0.15, 0.2) is 5.82 Å². The van der Waals surface area contributed by atoms with Crippen LogP contribution in [0.5, 0.6) is 0 Å². The van der Waals surface area contributed by atoms with Crippen LogP contribution in [0, 0.1) is 5.82 Å². The molecule has 2 aromatic rings. The smallest absolute Gasteiger partial charge is 0.155 e. The minimum absolute atomic E-state index is 0.318. The first-order chi connectivity index (χ1) is 8.27. The minimum Gasteiger partial charge on any atom is -0.262 e. The fourth-order valence-electron chi connectivity index (χ4n) is 1.25. The number of hydrogen-bond acceptors (Lipinski definition) is 2. The third-order valence-electron chi connectivity index (χ3n) is 2.08. The molecule has 0 saturated heterocycles. The van der Waals surface area contributed by atoms with E-state index < -0.39 is 0 Å². The molecule has 1 heterocycles. The van der Waals surface area contributed by atoms with Crippen LogP contribution in [0.2, 0.25) is 5.02 Å². The van der Waals surface area contributed by atoms with Gasteiger partial charge in [-0.3, -0.25) is 4.98 Å². The highest BCUT2D eigenvalue weighted by Gasteiger charge is 1.99. The van der Waals surface area contributed by atoms with Gasteiger partial charge in [0.05, 0.1) is 11.1 Å². The number of benzene rings is 1. The molecule has 0 N–H and O–H groups in total. The first-order valence-electron chi connectivity index (χ1n) is 4.94. The summed E-state index contributed by atoms with van der Waals surface area (Å²) in [7, 11) is 0. The molecule has 0 bridgehead atoms. The van der Waals surface area contributed by atoms with Crippen LogP contribution in [0.4, 0.5) is 4.39 Å². The standard InChI is InChI=1S/C13H9ClFNS/c14-11-4-2-1-3-10(11)6-8-17-13-5-7-16-9-12(13)15/h1-9H/b8-6+. The van der Waals surface area contributed by atoms with E-state index in [2.05, 4.69) is 4.98 Å². The van der Waals surface area contributed by atoms with Crippen LogP contribution in [0.1, 0.15) is 5.56 Å². The third-order valence-corrected chi connectivity index (χ3v) is 3.28. The molecular formula is C13H9ClFNS. The maximum absolute atomic E-state index is 13.3. The average Bonchev–Trinajstić information content (AvgIpc) is 2.34. The van der Waals surface area contributed by atoms with Gasteiger partial charge in [0, 0.05) is 11.2 Å². The topological polar surface area (TPSA) is 12.9 Å². The Bertz CT molecular complexity index is 542. The lowest BCUT2D eigenvalue weighted by atomic mass is 10.2. The van der Waals surface area contributed by atoms with E-state index in [1.807, 2.05) is 30.3 Å². The summed E-state index contributed by atoms with van der Waals surface area (Å²) in [5, 5.41) is 2.49. The molecule has 0 spiro atoms. The van der Waals surface area contributed by atoms with E-state index in [4.69, 9.17) is 11.6 Å². The van der Waals surface area contributed by atoms with E-state index in [9.17, 15) is 4.39 Å². The Morgan fingerprint density at radius 2 is 2.06 bits per heavy atom. The highest BCUT2D eigenvalue weighted by Crippen LogP contribution is 2.24. The Morgan fingerprint density at radius 1 is 1.24 bits per heavy atom. The van der Waals surface area contributed by atoms with Gasteiger partial charge in [-0.1, -0.05) is 41.6 Å². The van der Waals surface area contributed by atoms with Gasteiger partial charge < -0.3 is 0 Å². The van der Waals surface area contributed by atoms with Gasteiger partial charge in [-0.25, -0.2) is 4.39 Å². The Labute approximate surface area is 108 Å². The molecule has 0 amide bonds. The van der Waals surface area contributed by atoms with Crippen LogP contribution in [-0.2, 0) is 0 Å². The van der Waals surface area contributed by atoms with E-state index in [-0.39, 0.29) is 5.82 Å². The molecule has 4 heteroatoms. The molecule has 0 aliphatic heterocycles. The summed E-state index contributed by atoms with van der Waals surface area (Å²) in [6, 6.07) is 9.14. The largest absolute Gasteiger partial charge is 0.262 e. The van der Waals surface area contributed by atoms with Crippen LogP contribution in [0.25, 0.3) is 6.08 Å². The molecule has 1 aromatic heterocycles. The molecule has 1 nitrogen and oxygen atoms in total. The molecular weight excluding hydrogens is 257 g/mol. The Kier molecular flexibility index (Phi) is 4.18. The van der Waals surface area contributed by atoms with Crippen molar-refractivity contribution in [3.05, 3.63) is 64.5 Å². The van der Waals surface area contributed by atoms with Crippen molar-refractivity contribution < 1.29 is 4.39 Å². The van der Waals surface area contributed by atoms with E-state index in [0.29, 0.717) is 9.92 Å². The second kappa shape index (κ2) is 5.84. The minimum atomic E-state index is -0.318. The van der Waals surface area contributed by atoms with E-state index in [1.165, 1.54) is 18.0 Å². The molecule has 0 unspecified atom stereocenters. The molecule has 86 valence electrons. The number of rotatable bonds is 3. The maximum Gasteiger partial charge on any atom is 0.155 e. The highest BCUT2D eigenvalue weighted by atomic mass is 35.5. The zero-order valence-electron chi connectivity index (χ0n) is 8.81. The van der Waals surface area contributed by atoms with Crippen LogP contribution < -0.4 is 0 Å². The first kappa shape index (κ1) is 12.1. The first-order valence-corrected chi connectivity index (χ1v) is 6.20. The van der Waals surface area contributed by atoms with Crippen molar-refractivity contribution in [3.8, 4) is 0 Å². The molecule has 0 aliphatic carbocycles. The predicted molar refractivity (Wildman–Crippen MR) is 70.5 cm³/mol. The predicted octanol–water partition coefficient (Wildman–Crippen LogP) is 4.64. The van der Waals surface area contributed by atoms with Gasteiger partial charge >= 0.3 is 0 Å². The summed E-state index contributed by atoms with van der Waals surface area (Å²) in [4.78, 5) is 4.24. The lowest BCUT2D eigenvalue weighted by Crippen LogP contribution is -1.80. The number of pyridine rings is 1. The SMILES string of the molecule is Fc1cnccc1S/C=C/c1ccccc1Cl. The van der Waals surface area contributed by atoms with Crippen molar-refractivity contribution in [2.24, 2.45) is 0 Å². The fraction of sp³-hybridized carbons (Fsp3) is 0. The van der Waals surface area contributed by atoms with Gasteiger partial charge in [0.25, 0.3) is 0 Å². The highest BCUT2D eigenvalue weighted by molar-refractivity contribution is 8.02. The molecule has 0 radical (unpaired) electrons. The van der Waals surface area contributed by atoms with Crippen molar-refractivity contribution in [3.63, 3.8) is 0 Å². The second-order valence-electron chi connectivity index (χ2n) is 3.25. The number of thioether (sulfide) groups is 1. The zero-order chi connectivity index (χ0) is 12.1. The third kappa shape index (κ3) is 3.32. The molecule has 0 fully saturated rings. The number of nitrogens with zero attached hydrogens (tertiary/aromatic N) is 1. The maximum atomic E-state index is 13.3. The molecule has 1 aromatic carbocycles. The van der Waals surface area contributed by atoms with Crippen LogP contribution >= 0.6 is 23.4 Å². The van der Waals surface area contributed by atoms with Gasteiger partial charge in [0.2, 0.25) is 0 Å². The zero-order valence-corrected chi connectivity index (χ0v) is 10.4. The van der Waals surface area contributed by atoms with Gasteiger partial charge in [-0.15, -0.1) is 0 Å².